The molecule has 0 fully saturated rings. The summed E-state index contributed by atoms with van der Waals surface area (Å²) in [6.07, 6.45) is 3.76. The van der Waals surface area contributed by atoms with Crippen LogP contribution in [0.2, 0.25) is 0 Å². The zero-order valence-electron chi connectivity index (χ0n) is 11.5. The predicted octanol–water partition coefficient (Wildman–Crippen LogP) is 4.21. The third-order valence-electron chi connectivity index (χ3n) is 3.19. The minimum absolute atomic E-state index is 0.112. The van der Waals surface area contributed by atoms with Gasteiger partial charge in [0.2, 0.25) is 0 Å². The smallest absolute Gasteiger partial charge is 0.255 e. The van der Waals surface area contributed by atoms with E-state index in [0.717, 1.165) is 21.5 Å². The van der Waals surface area contributed by atoms with Crippen LogP contribution in [0.3, 0.4) is 0 Å². The highest BCUT2D eigenvalue weighted by molar-refractivity contribution is 7.98. The SMILES string of the molecule is CSc1cccc(NC(=O)c2ccc3ncccc3c2)c1. The molecule has 0 spiro atoms. The number of benzene rings is 2. The van der Waals surface area contributed by atoms with Crippen LogP contribution in [0.15, 0.2) is 65.7 Å². The first-order chi connectivity index (χ1) is 10.3. The molecular weight excluding hydrogens is 280 g/mol. The highest BCUT2D eigenvalue weighted by Crippen LogP contribution is 2.20. The number of carbonyl (C=O) groups is 1. The Balaban J connectivity index is 1.86. The number of rotatable bonds is 3. The number of thioether (sulfide) groups is 1. The summed E-state index contributed by atoms with van der Waals surface area (Å²) in [7, 11) is 0. The summed E-state index contributed by atoms with van der Waals surface area (Å²) in [6.45, 7) is 0. The van der Waals surface area contributed by atoms with Gasteiger partial charge in [0.05, 0.1) is 5.52 Å². The number of amides is 1. The van der Waals surface area contributed by atoms with Crippen LogP contribution < -0.4 is 5.32 Å². The second-order valence-electron chi connectivity index (χ2n) is 4.60. The van der Waals surface area contributed by atoms with Gasteiger partial charge in [-0.3, -0.25) is 9.78 Å². The lowest BCUT2D eigenvalue weighted by molar-refractivity contribution is 0.102. The highest BCUT2D eigenvalue weighted by atomic mass is 32.2. The van der Waals surface area contributed by atoms with E-state index in [1.807, 2.05) is 54.8 Å². The summed E-state index contributed by atoms with van der Waals surface area (Å²) in [5, 5.41) is 3.89. The first-order valence-corrected chi connectivity index (χ1v) is 7.79. The topological polar surface area (TPSA) is 42.0 Å². The third kappa shape index (κ3) is 3.06. The molecule has 3 rings (SSSR count). The fraction of sp³-hybridized carbons (Fsp3) is 0.0588. The Kier molecular flexibility index (Phi) is 3.88. The quantitative estimate of drug-likeness (QED) is 0.736. The Morgan fingerprint density at radius 1 is 1.10 bits per heavy atom. The normalized spacial score (nSPS) is 10.5. The molecule has 1 heterocycles. The minimum atomic E-state index is -0.112. The summed E-state index contributed by atoms with van der Waals surface area (Å²) < 4.78 is 0. The minimum Gasteiger partial charge on any atom is -0.322 e. The first kappa shape index (κ1) is 13.6. The molecule has 0 saturated heterocycles. The number of fused-ring (bicyclic) bond motifs is 1. The average molecular weight is 294 g/mol. The Labute approximate surface area is 127 Å². The van der Waals surface area contributed by atoms with Crippen LogP contribution in [0, 0.1) is 0 Å². The van der Waals surface area contributed by atoms with Crippen molar-refractivity contribution >= 4 is 34.3 Å². The van der Waals surface area contributed by atoms with Crippen LogP contribution in [0.25, 0.3) is 10.9 Å². The molecule has 3 nitrogen and oxygen atoms in total. The Morgan fingerprint density at radius 2 is 2.00 bits per heavy atom. The van der Waals surface area contributed by atoms with Crippen molar-refractivity contribution in [3.8, 4) is 0 Å². The van der Waals surface area contributed by atoms with Crippen molar-refractivity contribution in [3.05, 3.63) is 66.4 Å². The maximum atomic E-state index is 12.3. The summed E-state index contributed by atoms with van der Waals surface area (Å²) in [5.41, 5.74) is 2.32. The van der Waals surface area contributed by atoms with Gasteiger partial charge < -0.3 is 5.32 Å². The summed E-state index contributed by atoms with van der Waals surface area (Å²) in [5.74, 6) is -0.112. The number of aromatic nitrogens is 1. The fourth-order valence-electron chi connectivity index (χ4n) is 2.12. The molecular formula is C17H14N2OS. The van der Waals surface area contributed by atoms with Gasteiger partial charge in [-0.1, -0.05) is 12.1 Å². The maximum Gasteiger partial charge on any atom is 0.255 e. The molecule has 0 atom stereocenters. The second-order valence-corrected chi connectivity index (χ2v) is 5.48. The third-order valence-corrected chi connectivity index (χ3v) is 3.92. The molecule has 1 amide bonds. The Bertz CT molecular complexity index is 801. The van der Waals surface area contributed by atoms with E-state index in [9.17, 15) is 4.79 Å². The summed E-state index contributed by atoms with van der Waals surface area (Å²) in [6, 6.07) is 17.1. The van der Waals surface area contributed by atoms with Gasteiger partial charge in [0, 0.05) is 27.7 Å². The molecule has 3 aromatic rings. The molecule has 0 bridgehead atoms. The molecule has 2 aromatic carbocycles. The lowest BCUT2D eigenvalue weighted by Gasteiger charge is -2.07. The Morgan fingerprint density at radius 3 is 2.86 bits per heavy atom. The molecule has 0 aliphatic rings. The number of nitrogens with zero attached hydrogens (tertiary/aromatic N) is 1. The van der Waals surface area contributed by atoms with Crippen LogP contribution in [-0.4, -0.2) is 17.1 Å². The van der Waals surface area contributed by atoms with E-state index in [0.29, 0.717) is 5.56 Å². The highest BCUT2D eigenvalue weighted by Gasteiger charge is 2.07. The number of hydrogen-bond donors (Lipinski definition) is 1. The summed E-state index contributed by atoms with van der Waals surface area (Å²) >= 11 is 1.65. The van der Waals surface area contributed by atoms with Gasteiger partial charge in [-0.05, 0) is 48.7 Å². The van der Waals surface area contributed by atoms with E-state index in [-0.39, 0.29) is 5.91 Å². The van der Waals surface area contributed by atoms with E-state index >= 15 is 0 Å². The molecule has 1 aromatic heterocycles. The van der Waals surface area contributed by atoms with Crippen molar-refractivity contribution < 1.29 is 4.79 Å². The molecule has 21 heavy (non-hydrogen) atoms. The van der Waals surface area contributed by atoms with E-state index in [1.165, 1.54) is 0 Å². The zero-order valence-corrected chi connectivity index (χ0v) is 12.4. The number of carbonyl (C=O) groups excluding carboxylic acids is 1. The van der Waals surface area contributed by atoms with Crippen LogP contribution in [0.1, 0.15) is 10.4 Å². The molecule has 0 aliphatic heterocycles. The number of pyridine rings is 1. The van der Waals surface area contributed by atoms with Crippen LogP contribution in [0.4, 0.5) is 5.69 Å². The monoisotopic (exact) mass is 294 g/mol. The maximum absolute atomic E-state index is 12.3. The fourth-order valence-corrected chi connectivity index (χ4v) is 2.58. The number of hydrogen-bond acceptors (Lipinski definition) is 3. The van der Waals surface area contributed by atoms with E-state index in [1.54, 1.807) is 24.0 Å². The van der Waals surface area contributed by atoms with Crippen molar-refractivity contribution in [2.45, 2.75) is 4.90 Å². The van der Waals surface area contributed by atoms with Crippen molar-refractivity contribution in [1.82, 2.24) is 4.98 Å². The summed E-state index contributed by atoms with van der Waals surface area (Å²) in [4.78, 5) is 17.7. The molecule has 0 aliphatic carbocycles. The van der Waals surface area contributed by atoms with Crippen molar-refractivity contribution in [2.75, 3.05) is 11.6 Å². The molecule has 104 valence electrons. The van der Waals surface area contributed by atoms with Crippen LogP contribution in [-0.2, 0) is 0 Å². The molecule has 0 radical (unpaired) electrons. The van der Waals surface area contributed by atoms with Crippen molar-refractivity contribution in [3.63, 3.8) is 0 Å². The first-order valence-electron chi connectivity index (χ1n) is 6.56. The van der Waals surface area contributed by atoms with E-state index in [2.05, 4.69) is 10.3 Å². The number of nitrogens with one attached hydrogen (secondary N) is 1. The Hall–Kier alpha value is -2.33. The van der Waals surface area contributed by atoms with Crippen molar-refractivity contribution in [1.29, 1.82) is 0 Å². The standard InChI is InChI=1S/C17H14N2OS/c1-21-15-6-2-5-14(11-15)19-17(20)13-7-8-16-12(10-13)4-3-9-18-16/h2-11H,1H3,(H,19,20). The van der Waals surface area contributed by atoms with Crippen LogP contribution in [0.5, 0.6) is 0 Å². The lowest BCUT2D eigenvalue weighted by Crippen LogP contribution is -2.11. The van der Waals surface area contributed by atoms with Gasteiger partial charge in [-0.25, -0.2) is 0 Å². The predicted molar refractivity (Wildman–Crippen MR) is 87.9 cm³/mol. The zero-order chi connectivity index (χ0) is 14.7. The lowest BCUT2D eigenvalue weighted by atomic mass is 10.1. The van der Waals surface area contributed by atoms with E-state index < -0.39 is 0 Å². The van der Waals surface area contributed by atoms with Crippen molar-refractivity contribution in [2.24, 2.45) is 0 Å². The van der Waals surface area contributed by atoms with Gasteiger partial charge in [-0.15, -0.1) is 11.8 Å². The molecule has 4 heteroatoms. The molecule has 0 saturated carbocycles. The van der Waals surface area contributed by atoms with Gasteiger partial charge in [0.25, 0.3) is 5.91 Å². The largest absolute Gasteiger partial charge is 0.322 e. The average Bonchev–Trinajstić information content (AvgIpc) is 2.54. The second kappa shape index (κ2) is 5.97. The number of anilines is 1. The van der Waals surface area contributed by atoms with Gasteiger partial charge >= 0.3 is 0 Å². The van der Waals surface area contributed by atoms with E-state index in [4.69, 9.17) is 0 Å². The molecule has 0 unspecified atom stereocenters. The van der Waals surface area contributed by atoms with Gasteiger partial charge in [0.1, 0.15) is 0 Å². The van der Waals surface area contributed by atoms with Gasteiger partial charge in [0.15, 0.2) is 0 Å². The van der Waals surface area contributed by atoms with Crippen LogP contribution >= 0.6 is 11.8 Å². The van der Waals surface area contributed by atoms with Gasteiger partial charge in [-0.2, -0.15) is 0 Å². The molecule has 1 N–H and O–H groups in total.